The number of nitrogens with zero attached hydrogens (tertiary/aromatic N) is 4. The maximum absolute atomic E-state index is 15.4. The number of urea groups is 1. The van der Waals surface area contributed by atoms with Crippen molar-refractivity contribution in [3.63, 3.8) is 0 Å². The van der Waals surface area contributed by atoms with Gasteiger partial charge in [-0.15, -0.1) is 0 Å². The number of fused-ring (bicyclic) bond motifs is 2. The van der Waals surface area contributed by atoms with E-state index in [2.05, 4.69) is 20.9 Å². The second kappa shape index (κ2) is 12.9. The lowest BCUT2D eigenvalue weighted by Crippen LogP contribution is -2.44. The van der Waals surface area contributed by atoms with Crippen molar-refractivity contribution in [1.29, 1.82) is 0 Å². The minimum atomic E-state index is -4.34. The second-order valence-electron chi connectivity index (χ2n) is 13.0. The molecule has 268 valence electrons. The molecule has 7 rings (SSSR count). The van der Waals surface area contributed by atoms with E-state index in [4.69, 9.17) is 0 Å². The van der Waals surface area contributed by atoms with Gasteiger partial charge in [-0.1, -0.05) is 6.07 Å². The van der Waals surface area contributed by atoms with Gasteiger partial charge in [0.05, 0.1) is 16.7 Å². The average molecular weight is 723 g/mol. The molecule has 4 heterocycles. The van der Waals surface area contributed by atoms with Crippen LogP contribution in [0.3, 0.4) is 0 Å². The van der Waals surface area contributed by atoms with E-state index in [1.54, 1.807) is 16.3 Å². The number of nitrogens with one attached hydrogen (secondary N) is 4. The predicted octanol–water partition coefficient (Wildman–Crippen LogP) is 1.92. The first-order valence-electron chi connectivity index (χ1n) is 16.4. The molecule has 5 amide bonds. The highest BCUT2D eigenvalue weighted by Gasteiger charge is 2.38. The Bertz CT molecular complexity index is 2300. The Morgan fingerprint density at radius 2 is 1.80 bits per heavy atom. The van der Waals surface area contributed by atoms with Crippen molar-refractivity contribution in [2.75, 3.05) is 40.7 Å². The molecule has 3 aliphatic rings. The van der Waals surface area contributed by atoms with Crippen molar-refractivity contribution in [3.05, 3.63) is 58.8 Å². The fourth-order valence-electron chi connectivity index (χ4n) is 7.23. The number of carbonyl (C=O) groups excluding carboxylic acids is 4. The number of phenols is 1. The number of hydrogen-bond donors (Lipinski definition) is 5. The number of phenolic OH excluding ortho intramolecular Hbond substituents is 1. The molecule has 4 aromatic rings. The largest absolute Gasteiger partial charge is 0.506 e. The van der Waals surface area contributed by atoms with Crippen LogP contribution >= 0.6 is 0 Å². The normalized spacial score (nSPS) is 19.4. The molecule has 0 bridgehead atoms. The van der Waals surface area contributed by atoms with Gasteiger partial charge in [-0.2, -0.15) is 8.42 Å². The Labute approximate surface area is 290 Å². The number of carbonyl (C=O) groups is 4. The third kappa shape index (κ3) is 6.19. The Hall–Kier alpha value is -5.65. The fourth-order valence-corrected chi connectivity index (χ4v) is 8.39. The van der Waals surface area contributed by atoms with Gasteiger partial charge in [0.2, 0.25) is 11.8 Å². The Kier molecular flexibility index (Phi) is 8.56. The summed E-state index contributed by atoms with van der Waals surface area (Å²) in [6.07, 6.45) is 2.86. The summed E-state index contributed by atoms with van der Waals surface area (Å²) in [5.41, 5.74) is 1.61. The number of halogens is 1. The van der Waals surface area contributed by atoms with Crippen LogP contribution in [0.15, 0.2) is 47.3 Å². The van der Waals surface area contributed by atoms with Crippen LogP contribution in [0.4, 0.5) is 26.2 Å². The summed E-state index contributed by atoms with van der Waals surface area (Å²) in [5.74, 6) is -3.05. The first-order valence-corrected chi connectivity index (χ1v) is 17.9. The molecule has 16 nitrogen and oxygen atoms in total. The molecule has 3 saturated heterocycles. The number of imide groups is 1. The molecule has 3 aliphatic heterocycles. The Morgan fingerprint density at radius 1 is 1.04 bits per heavy atom. The van der Waals surface area contributed by atoms with Gasteiger partial charge in [0, 0.05) is 44.2 Å². The van der Waals surface area contributed by atoms with Crippen LogP contribution in [0.1, 0.15) is 38.1 Å². The zero-order valence-corrected chi connectivity index (χ0v) is 28.3. The maximum Gasteiger partial charge on any atom is 0.329 e. The molecule has 51 heavy (non-hydrogen) atoms. The lowest BCUT2D eigenvalue weighted by molar-refractivity contribution is -0.135. The predicted molar refractivity (Wildman–Crippen MR) is 185 cm³/mol. The monoisotopic (exact) mass is 722 g/mol. The molecule has 1 aromatic heterocycles. The summed E-state index contributed by atoms with van der Waals surface area (Å²) in [6, 6.07) is 9.79. The summed E-state index contributed by atoms with van der Waals surface area (Å²) in [7, 11) is -2.66. The highest BCUT2D eigenvalue weighted by Crippen LogP contribution is 2.39. The molecule has 1 atom stereocenters. The van der Waals surface area contributed by atoms with Crippen molar-refractivity contribution >= 4 is 72.8 Å². The van der Waals surface area contributed by atoms with Gasteiger partial charge in [0.15, 0.2) is 5.82 Å². The molecular formula is C33H35FN8O8S. The molecule has 1 unspecified atom stereocenters. The number of benzene rings is 3. The first kappa shape index (κ1) is 33.8. The van der Waals surface area contributed by atoms with Crippen LogP contribution in [-0.2, 0) is 31.6 Å². The summed E-state index contributed by atoms with van der Waals surface area (Å²) in [6.45, 7) is 1.19. The lowest BCUT2D eigenvalue weighted by atomic mass is 9.93. The maximum atomic E-state index is 15.4. The van der Waals surface area contributed by atoms with Crippen molar-refractivity contribution in [1.82, 2.24) is 24.5 Å². The number of imidazole rings is 1. The van der Waals surface area contributed by atoms with Gasteiger partial charge in [0.25, 0.3) is 5.91 Å². The number of aromatic hydroxyl groups is 1. The molecule has 0 saturated carbocycles. The van der Waals surface area contributed by atoms with Crippen molar-refractivity contribution < 1.29 is 37.1 Å². The van der Waals surface area contributed by atoms with Crippen LogP contribution in [0.2, 0.25) is 0 Å². The minimum absolute atomic E-state index is 0.0139. The summed E-state index contributed by atoms with van der Waals surface area (Å²) in [5, 5.41) is 18.5. The smallest absolute Gasteiger partial charge is 0.329 e. The van der Waals surface area contributed by atoms with E-state index < -0.39 is 57.9 Å². The van der Waals surface area contributed by atoms with Crippen LogP contribution in [0, 0.1) is 11.7 Å². The molecule has 0 radical (unpaired) electrons. The number of anilines is 3. The average Bonchev–Trinajstić information content (AvgIpc) is 3.50. The van der Waals surface area contributed by atoms with E-state index in [0.29, 0.717) is 28.0 Å². The van der Waals surface area contributed by atoms with Gasteiger partial charge in [-0.3, -0.25) is 28.8 Å². The summed E-state index contributed by atoms with van der Waals surface area (Å²) < 4.78 is 45.0. The zero-order chi connectivity index (χ0) is 36.2. The van der Waals surface area contributed by atoms with Crippen LogP contribution in [0.25, 0.3) is 21.8 Å². The molecule has 3 aromatic carbocycles. The fraction of sp³-hybridized carbons (Fsp3) is 0.364. The number of piperidine rings is 2. The number of hydrogen-bond acceptors (Lipinski definition) is 9. The highest BCUT2D eigenvalue weighted by molar-refractivity contribution is 7.92. The standard InChI is InChI=1S/C33H35FN8O8S/c1-39-29-22(3-2-4-23(29)42(33(39)48)24-7-8-26(44)37-31(24)46)40-13-10-18(11-14-40)9-12-35-32(47)36-20-5-6-21-19(15-20)16-25(43)30(28(21)34)41-17-27(45)38-51(41,49)50/h2-6,15-16,18,24,43H,7-14,17H2,1H3,(H,38,45)(H2,35,36,47)(H,37,44,46). The van der Waals surface area contributed by atoms with Crippen LogP contribution in [0.5, 0.6) is 5.75 Å². The van der Waals surface area contributed by atoms with Crippen molar-refractivity contribution in [2.24, 2.45) is 13.0 Å². The third-order valence-corrected chi connectivity index (χ3v) is 11.1. The van der Waals surface area contributed by atoms with Crippen LogP contribution in [-0.4, -0.2) is 72.6 Å². The van der Waals surface area contributed by atoms with Gasteiger partial charge in [0.1, 0.15) is 24.0 Å². The molecule has 5 N–H and O–H groups in total. The molecule has 3 fully saturated rings. The van der Waals surface area contributed by atoms with Crippen molar-refractivity contribution in [3.8, 4) is 5.75 Å². The highest BCUT2D eigenvalue weighted by atomic mass is 32.2. The first-order chi connectivity index (χ1) is 24.3. The van der Waals surface area contributed by atoms with Crippen molar-refractivity contribution in [2.45, 2.75) is 38.1 Å². The number of aromatic nitrogens is 2. The van der Waals surface area contributed by atoms with E-state index in [0.717, 1.165) is 49.6 Å². The quantitative estimate of drug-likeness (QED) is 0.177. The lowest BCUT2D eigenvalue weighted by Gasteiger charge is -2.34. The summed E-state index contributed by atoms with van der Waals surface area (Å²) >= 11 is 0. The topological polar surface area (TPSA) is 204 Å². The van der Waals surface area contributed by atoms with Gasteiger partial charge >= 0.3 is 21.9 Å². The summed E-state index contributed by atoms with van der Waals surface area (Å²) in [4.78, 5) is 64.1. The number of para-hydroxylation sites is 1. The van der Waals surface area contributed by atoms with E-state index in [9.17, 15) is 37.5 Å². The van der Waals surface area contributed by atoms with E-state index in [1.165, 1.54) is 22.8 Å². The Morgan fingerprint density at radius 3 is 2.51 bits per heavy atom. The molecule has 0 aliphatic carbocycles. The third-order valence-electron chi connectivity index (χ3n) is 9.75. The zero-order valence-electron chi connectivity index (χ0n) is 27.4. The number of aryl methyl sites for hydroxylation is 1. The number of rotatable bonds is 7. The van der Waals surface area contributed by atoms with Crippen LogP contribution < -0.4 is 35.6 Å². The molecule has 0 spiro atoms. The number of amides is 5. The SMILES string of the molecule is Cn1c(=O)n(C2CCC(=O)NC2=O)c2cccc(N3CCC(CCNC(=O)Nc4ccc5c(F)c(N6CC(=O)NS6(=O)=O)c(O)cc5c4)CC3)c21. The second-order valence-corrected chi connectivity index (χ2v) is 14.5. The molecular weight excluding hydrogens is 687 g/mol. The van der Waals surface area contributed by atoms with Gasteiger partial charge in [-0.05, 0) is 73.4 Å². The Balaban J connectivity index is 0.947. The van der Waals surface area contributed by atoms with Gasteiger partial charge in [-0.25, -0.2) is 23.0 Å². The molecule has 18 heteroatoms. The van der Waals surface area contributed by atoms with E-state index in [1.807, 2.05) is 18.2 Å². The minimum Gasteiger partial charge on any atom is -0.506 e. The van der Waals surface area contributed by atoms with E-state index >= 15 is 4.39 Å². The van der Waals surface area contributed by atoms with E-state index in [-0.39, 0.29) is 35.2 Å². The van der Waals surface area contributed by atoms with Gasteiger partial charge < -0.3 is 20.6 Å².